The van der Waals surface area contributed by atoms with E-state index in [9.17, 15) is 14.1 Å². The quantitative estimate of drug-likeness (QED) is 0.774. The lowest BCUT2D eigenvalue weighted by atomic mass is 10.1. The minimum Gasteiger partial charge on any atom is -0.616 e. The summed E-state index contributed by atoms with van der Waals surface area (Å²) in [5.41, 5.74) is 9.40. The van der Waals surface area contributed by atoms with E-state index in [0.29, 0.717) is 0 Å². The van der Waals surface area contributed by atoms with Gasteiger partial charge in [0.15, 0.2) is 5.25 Å². The van der Waals surface area contributed by atoms with Crippen LogP contribution in [0.3, 0.4) is 0 Å². The van der Waals surface area contributed by atoms with Crippen LogP contribution in [0, 0.1) is 0 Å². The van der Waals surface area contributed by atoms with Crippen LogP contribution in [0.15, 0.2) is 48.5 Å². The Morgan fingerprint density at radius 3 is 2.16 bits per heavy atom. The molecule has 0 radical (unpaired) electrons. The van der Waals surface area contributed by atoms with Gasteiger partial charge in [-0.15, -0.1) is 0 Å². The van der Waals surface area contributed by atoms with Gasteiger partial charge in [-0.05, 0) is 29.2 Å². The molecule has 0 bridgehead atoms. The van der Waals surface area contributed by atoms with E-state index in [4.69, 9.17) is 5.73 Å². The van der Waals surface area contributed by atoms with Gasteiger partial charge in [0, 0.05) is 11.1 Å². The molecule has 0 saturated heterocycles. The van der Waals surface area contributed by atoms with E-state index in [1.165, 1.54) is 6.92 Å². The zero-order valence-corrected chi connectivity index (χ0v) is 14.7. The number of rotatable bonds is 6. The molecule has 6 heteroatoms. The normalized spacial score (nSPS) is 15.1. The van der Waals surface area contributed by atoms with E-state index < -0.39 is 23.1 Å². The lowest BCUT2D eigenvalue weighted by Gasteiger charge is -2.20. The van der Waals surface area contributed by atoms with Crippen LogP contribution in [-0.2, 0) is 20.8 Å². The molecule has 0 spiro atoms. The van der Waals surface area contributed by atoms with E-state index >= 15 is 0 Å². The van der Waals surface area contributed by atoms with Gasteiger partial charge in [0.25, 0.3) is 0 Å². The monoisotopic (exact) mass is 356 g/mol. The maximum atomic E-state index is 12.9. The molecule has 2 aromatic rings. The molecular weight excluding hydrogens is 336 g/mol. The second-order valence-electron chi connectivity index (χ2n) is 6.08. The molecule has 3 N–H and O–H groups in total. The summed E-state index contributed by atoms with van der Waals surface area (Å²) in [4.78, 5) is 22.9. The zero-order chi connectivity index (χ0) is 18.0. The fraction of sp³-hybridized carbons (Fsp3) is 0.263. The highest BCUT2D eigenvalue weighted by molar-refractivity contribution is 7.91. The number of benzene rings is 2. The van der Waals surface area contributed by atoms with E-state index in [-0.39, 0.29) is 23.3 Å². The largest absolute Gasteiger partial charge is 0.616 e. The smallest absolute Gasteiger partial charge is 0.239 e. The molecule has 1 aliphatic carbocycles. The molecule has 0 aliphatic heterocycles. The molecule has 1 unspecified atom stereocenters. The van der Waals surface area contributed by atoms with Gasteiger partial charge in [-0.25, -0.2) is 0 Å². The summed E-state index contributed by atoms with van der Waals surface area (Å²) < 4.78 is 12.9. The van der Waals surface area contributed by atoms with Gasteiger partial charge in [-0.1, -0.05) is 48.5 Å². The molecule has 5 nitrogen and oxygen atoms in total. The van der Waals surface area contributed by atoms with Crippen LogP contribution in [0.4, 0.5) is 0 Å². The topological polar surface area (TPSA) is 95.2 Å². The first-order valence-corrected chi connectivity index (χ1v) is 9.51. The Morgan fingerprint density at radius 2 is 1.64 bits per heavy atom. The first-order chi connectivity index (χ1) is 12.0. The number of carbonyl (C=O) groups is 2. The average molecular weight is 356 g/mol. The van der Waals surface area contributed by atoms with Crippen molar-refractivity contribution in [3.05, 3.63) is 59.7 Å². The van der Waals surface area contributed by atoms with Gasteiger partial charge in [0.05, 0.1) is 6.42 Å². The molecule has 130 valence electrons. The Bertz CT molecular complexity index is 763. The third kappa shape index (κ3) is 3.55. The molecule has 2 atom stereocenters. The molecule has 3 rings (SSSR count). The molecule has 2 amide bonds. The van der Waals surface area contributed by atoms with Crippen LogP contribution in [-0.4, -0.2) is 28.2 Å². The van der Waals surface area contributed by atoms with Gasteiger partial charge < -0.3 is 15.6 Å². The molecule has 25 heavy (non-hydrogen) atoms. The number of hydrogen-bond acceptors (Lipinski definition) is 3. The Hall–Kier alpha value is -2.31. The Balaban J connectivity index is 1.73. The van der Waals surface area contributed by atoms with Crippen LogP contribution in [0.1, 0.15) is 29.7 Å². The van der Waals surface area contributed by atoms with Crippen molar-refractivity contribution < 1.29 is 14.1 Å². The van der Waals surface area contributed by atoms with E-state index in [1.54, 1.807) is 0 Å². The third-order valence-corrected chi connectivity index (χ3v) is 6.01. The van der Waals surface area contributed by atoms with Gasteiger partial charge in [0.2, 0.25) is 11.8 Å². The number of nitrogens with two attached hydrogens (primary N) is 1. The first kappa shape index (κ1) is 17.5. The van der Waals surface area contributed by atoms with Crippen LogP contribution in [0.2, 0.25) is 0 Å². The maximum absolute atomic E-state index is 12.9. The molecule has 2 aromatic carbocycles. The number of nitrogens with one attached hydrogen (secondary N) is 1. The second kappa shape index (κ2) is 7.29. The highest BCUT2D eigenvalue weighted by Gasteiger charge is 2.36. The van der Waals surface area contributed by atoms with E-state index in [1.807, 2.05) is 48.5 Å². The minimum absolute atomic E-state index is 0.0884. The highest BCUT2D eigenvalue weighted by atomic mass is 32.2. The Labute approximate surface area is 149 Å². The van der Waals surface area contributed by atoms with Crippen molar-refractivity contribution in [1.29, 1.82) is 0 Å². The number of amides is 2. The minimum atomic E-state index is -1.24. The summed E-state index contributed by atoms with van der Waals surface area (Å²) in [6.45, 7) is 1.53. The molecular formula is C19H20N2O3S. The highest BCUT2D eigenvalue weighted by Crippen LogP contribution is 2.47. The van der Waals surface area contributed by atoms with Crippen LogP contribution >= 0.6 is 0 Å². The van der Waals surface area contributed by atoms with Crippen molar-refractivity contribution >= 4 is 23.0 Å². The molecule has 0 aromatic heterocycles. The van der Waals surface area contributed by atoms with Gasteiger partial charge >= 0.3 is 0 Å². The van der Waals surface area contributed by atoms with Crippen LogP contribution < -0.4 is 11.1 Å². The van der Waals surface area contributed by atoms with Crippen molar-refractivity contribution in [2.75, 3.05) is 5.75 Å². The van der Waals surface area contributed by atoms with Crippen molar-refractivity contribution in [3.8, 4) is 11.1 Å². The van der Waals surface area contributed by atoms with Crippen LogP contribution in [0.25, 0.3) is 11.1 Å². The predicted molar refractivity (Wildman–Crippen MR) is 98.1 cm³/mol. The maximum Gasteiger partial charge on any atom is 0.239 e. The zero-order valence-electron chi connectivity index (χ0n) is 13.9. The molecule has 1 aliphatic rings. The third-order valence-electron chi connectivity index (χ3n) is 4.37. The predicted octanol–water partition coefficient (Wildman–Crippen LogP) is 1.89. The fourth-order valence-corrected chi connectivity index (χ4v) is 4.69. The molecule has 0 heterocycles. The summed E-state index contributed by atoms with van der Waals surface area (Å²) in [6.07, 6.45) is 0.0884. The number of hydrogen-bond donors (Lipinski definition) is 2. The summed E-state index contributed by atoms with van der Waals surface area (Å²) in [5.74, 6) is -0.683. The molecule has 0 saturated carbocycles. The van der Waals surface area contributed by atoms with Gasteiger partial charge in [-0.3, -0.25) is 9.59 Å². The van der Waals surface area contributed by atoms with Gasteiger partial charge in [0.1, 0.15) is 11.8 Å². The summed E-state index contributed by atoms with van der Waals surface area (Å²) >= 11 is -1.24. The number of primary amides is 1. The summed E-state index contributed by atoms with van der Waals surface area (Å²) in [5, 5.41) is 2.29. The summed E-state index contributed by atoms with van der Waals surface area (Å²) in [6, 6.07) is 15.2. The van der Waals surface area contributed by atoms with Crippen molar-refractivity contribution in [2.45, 2.75) is 24.6 Å². The summed E-state index contributed by atoms with van der Waals surface area (Å²) in [7, 11) is 0. The standard InChI is InChI=1S/C19H20N2O3S/c1-12(19(20)23)21-17(22)10-11-25(24)18-15-8-4-2-6-13(15)14-7-3-5-9-16(14)18/h2-9,12,18H,10-11H2,1H3,(H2,20,23)(H,21,22)/t12-,25?/m1/s1. The Kier molecular flexibility index (Phi) is 5.11. The van der Waals surface area contributed by atoms with Crippen LogP contribution in [0.5, 0.6) is 0 Å². The number of fused-ring (bicyclic) bond motifs is 3. The second-order valence-corrected chi connectivity index (χ2v) is 7.72. The lowest BCUT2D eigenvalue weighted by molar-refractivity contribution is -0.126. The Morgan fingerprint density at radius 1 is 1.12 bits per heavy atom. The first-order valence-electron chi connectivity index (χ1n) is 8.13. The van der Waals surface area contributed by atoms with Gasteiger partial charge in [-0.2, -0.15) is 0 Å². The van der Waals surface area contributed by atoms with Crippen molar-refractivity contribution in [1.82, 2.24) is 5.32 Å². The average Bonchev–Trinajstić information content (AvgIpc) is 2.94. The van der Waals surface area contributed by atoms with E-state index in [2.05, 4.69) is 5.32 Å². The van der Waals surface area contributed by atoms with Crippen molar-refractivity contribution in [3.63, 3.8) is 0 Å². The fourth-order valence-electron chi connectivity index (χ4n) is 3.09. The molecule has 0 fully saturated rings. The van der Waals surface area contributed by atoms with E-state index in [0.717, 1.165) is 22.3 Å². The SMILES string of the molecule is C[C@@H](NC(=O)CC[S+]([O-])C1c2ccccc2-c2ccccc21)C(N)=O. The van der Waals surface area contributed by atoms with Crippen molar-refractivity contribution in [2.24, 2.45) is 5.73 Å². The lowest BCUT2D eigenvalue weighted by Crippen LogP contribution is -2.42. The number of carbonyl (C=O) groups excluding carboxylic acids is 2.